The Balaban J connectivity index is 1.72. The highest BCUT2D eigenvalue weighted by atomic mass is 32.1. The van der Waals surface area contributed by atoms with E-state index in [0.717, 1.165) is 42.8 Å². The number of carbonyl (C=O) groups excluding carboxylic acids is 1. The Hall–Kier alpha value is -1.89. The van der Waals surface area contributed by atoms with Gasteiger partial charge >= 0.3 is 6.03 Å². The van der Waals surface area contributed by atoms with Crippen molar-refractivity contribution >= 4 is 17.4 Å². The summed E-state index contributed by atoms with van der Waals surface area (Å²) in [6.07, 6.45) is 9.50. The van der Waals surface area contributed by atoms with Crippen LogP contribution in [0.4, 0.5) is 4.79 Å². The van der Waals surface area contributed by atoms with E-state index >= 15 is 0 Å². The Morgan fingerprint density at radius 3 is 3.18 bits per heavy atom. The molecule has 0 aliphatic carbocycles. The molecule has 22 heavy (non-hydrogen) atoms. The summed E-state index contributed by atoms with van der Waals surface area (Å²) in [5.74, 6) is 0. The van der Waals surface area contributed by atoms with Crippen LogP contribution in [-0.2, 0) is 0 Å². The number of hydrogen-bond acceptors (Lipinski definition) is 4. The summed E-state index contributed by atoms with van der Waals surface area (Å²) in [6.45, 7) is 2.85. The van der Waals surface area contributed by atoms with Crippen LogP contribution in [0.1, 0.15) is 55.3 Å². The Labute approximate surface area is 133 Å². The number of nitrogens with one attached hydrogen (secondary N) is 2. The molecular weight excluding hydrogens is 298 g/mol. The van der Waals surface area contributed by atoms with Crippen LogP contribution in [0.5, 0.6) is 0 Å². The molecule has 2 aromatic rings. The van der Waals surface area contributed by atoms with Crippen molar-refractivity contribution in [1.29, 1.82) is 0 Å². The third-order valence-electron chi connectivity index (χ3n) is 4.12. The highest BCUT2D eigenvalue weighted by Crippen LogP contribution is 2.31. The number of aromatic nitrogens is 3. The molecule has 0 unspecified atom stereocenters. The minimum Gasteiger partial charge on any atom is -0.329 e. The van der Waals surface area contributed by atoms with E-state index in [0.29, 0.717) is 0 Å². The summed E-state index contributed by atoms with van der Waals surface area (Å²) in [6, 6.07) is 0.0914. The summed E-state index contributed by atoms with van der Waals surface area (Å²) < 4.78 is 0. The predicted molar refractivity (Wildman–Crippen MR) is 85.6 cm³/mol. The second-order valence-corrected chi connectivity index (χ2v) is 6.44. The molecule has 3 heterocycles. The number of nitrogens with zero attached hydrogens (tertiary/aromatic N) is 3. The fourth-order valence-corrected chi connectivity index (χ4v) is 3.71. The molecule has 1 aliphatic rings. The Morgan fingerprint density at radius 1 is 1.59 bits per heavy atom. The molecule has 2 aromatic heterocycles. The smallest absolute Gasteiger partial charge is 0.318 e. The number of aromatic amines is 1. The number of thiazole rings is 1. The number of rotatable bonds is 4. The van der Waals surface area contributed by atoms with Crippen molar-refractivity contribution in [2.45, 2.75) is 44.7 Å². The first-order chi connectivity index (χ1) is 10.8. The Bertz CT molecular complexity index is 583. The van der Waals surface area contributed by atoms with Gasteiger partial charge in [-0.2, -0.15) is 5.10 Å². The molecule has 0 bridgehead atoms. The molecule has 1 saturated heterocycles. The van der Waals surface area contributed by atoms with Gasteiger partial charge < -0.3 is 10.2 Å². The maximum Gasteiger partial charge on any atom is 0.318 e. The zero-order chi connectivity index (χ0) is 15.4. The first-order valence-corrected chi connectivity index (χ1v) is 8.62. The molecule has 3 rings (SSSR count). The molecule has 1 aliphatic heterocycles. The zero-order valence-electron chi connectivity index (χ0n) is 12.7. The fraction of sp³-hybridized carbons (Fsp3) is 0.533. The van der Waals surface area contributed by atoms with Gasteiger partial charge in [0, 0.05) is 29.9 Å². The average molecular weight is 319 g/mol. The maximum atomic E-state index is 12.7. The predicted octanol–water partition coefficient (Wildman–Crippen LogP) is 3.25. The van der Waals surface area contributed by atoms with Crippen LogP contribution in [0.15, 0.2) is 24.0 Å². The molecule has 1 fully saturated rings. The Morgan fingerprint density at radius 2 is 2.50 bits per heavy atom. The van der Waals surface area contributed by atoms with Crippen molar-refractivity contribution < 1.29 is 4.79 Å². The lowest BCUT2D eigenvalue weighted by Crippen LogP contribution is -2.45. The number of amides is 2. The number of hydrogen-bond donors (Lipinski definition) is 2. The SMILES string of the molecule is CC[C@@H](NC(=O)N1CCCC[C@H]1c1cn[nH]c1)c1nccs1. The van der Waals surface area contributed by atoms with E-state index in [1.54, 1.807) is 17.5 Å². The van der Waals surface area contributed by atoms with Crippen LogP contribution in [0, 0.1) is 0 Å². The standard InChI is InChI=1S/C15H21N5OS/c1-2-12(14-16-6-8-22-14)19-15(21)20-7-4-3-5-13(20)11-9-17-18-10-11/h6,8-10,12-13H,2-5,7H2,1H3,(H,17,18)(H,19,21)/t12-,13+/m1/s1. The highest BCUT2D eigenvalue weighted by Gasteiger charge is 2.30. The minimum atomic E-state index is -0.0144. The third kappa shape index (κ3) is 3.14. The van der Waals surface area contributed by atoms with E-state index < -0.39 is 0 Å². The third-order valence-corrected chi connectivity index (χ3v) is 5.01. The van der Waals surface area contributed by atoms with E-state index in [9.17, 15) is 4.79 Å². The highest BCUT2D eigenvalue weighted by molar-refractivity contribution is 7.09. The van der Waals surface area contributed by atoms with Crippen molar-refractivity contribution in [2.75, 3.05) is 6.54 Å². The van der Waals surface area contributed by atoms with Gasteiger partial charge in [-0.3, -0.25) is 5.10 Å². The molecule has 0 spiro atoms. The van der Waals surface area contributed by atoms with Crippen LogP contribution in [0.25, 0.3) is 0 Å². The van der Waals surface area contributed by atoms with Crippen molar-refractivity contribution in [3.05, 3.63) is 34.5 Å². The summed E-state index contributed by atoms with van der Waals surface area (Å²) in [7, 11) is 0. The average Bonchev–Trinajstić information content (AvgIpc) is 3.25. The van der Waals surface area contributed by atoms with Gasteiger partial charge in [0.15, 0.2) is 0 Å². The van der Waals surface area contributed by atoms with Gasteiger partial charge in [-0.15, -0.1) is 11.3 Å². The van der Waals surface area contributed by atoms with Crippen LogP contribution in [0.3, 0.4) is 0 Å². The fourth-order valence-electron chi connectivity index (χ4n) is 2.94. The number of likely N-dealkylation sites (tertiary alicyclic amines) is 1. The lowest BCUT2D eigenvalue weighted by Gasteiger charge is -2.36. The maximum absolute atomic E-state index is 12.7. The minimum absolute atomic E-state index is 0.00653. The number of piperidine rings is 1. The van der Waals surface area contributed by atoms with Gasteiger partial charge in [-0.25, -0.2) is 9.78 Å². The number of urea groups is 1. The van der Waals surface area contributed by atoms with E-state index in [2.05, 4.69) is 27.4 Å². The van der Waals surface area contributed by atoms with Gasteiger partial charge in [-0.1, -0.05) is 6.92 Å². The van der Waals surface area contributed by atoms with Gasteiger partial charge in [0.2, 0.25) is 0 Å². The van der Waals surface area contributed by atoms with Crippen molar-refractivity contribution in [3.63, 3.8) is 0 Å². The van der Waals surface area contributed by atoms with E-state index in [-0.39, 0.29) is 18.1 Å². The second-order valence-electron chi connectivity index (χ2n) is 5.52. The van der Waals surface area contributed by atoms with Crippen molar-refractivity contribution in [3.8, 4) is 0 Å². The molecule has 2 atom stereocenters. The monoisotopic (exact) mass is 319 g/mol. The van der Waals surface area contributed by atoms with Crippen LogP contribution in [0.2, 0.25) is 0 Å². The summed E-state index contributed by atoms with van der Waals surface area (Å²) >= 11 is 1.58. The van der Waals surface area contributed by atoms with Crippen molar-refractivity contribution in [2.24, 2.45) is 0 Å². The lowest BCUT2D eigenvalue weighted by atomic mass is 9.98. The molecule has 6 nitrogen and oxygen atoms in total. The molecule has 0 saturated carbocycles. The van der Waals surface area contributed by atoms with Gasteiger partial charge in [0.05, 0.1) is 18.3 Å². The second kappa shape index (κ2) is 6.91. The van der Waals surface area contributed by atoms with E-state index in [4.69, 9.17) is 0 Å². The lowest BCUT2D eigenvalue weighted by molar-refractivity contribution is 0.148. The molecule has 0 aromatic carbocycles. The number of H-pyrrole nitrogens is 1. The first kappa shape index (κ1) is 15.0. The summed E-state index contributed by atoms with van der Waals surface area (Å²) in [5.41, 5.74) is 1.08. The zero-order valence-corrected chi connectivity index (χ0v) is 13.5. The quantitative estimate of drug-likeness (QED) is 0.908. The Kier molecular flexibility index (Phi) is 4.72. The van der Waals surface area contributed by atoms with Gasteiger partial charge in [0.1, 0.15) is 5.01 Å². The molecule has 2 amide bonds. The molecule has 7 heteroatoms. The van der Waals surface area contributed by atoms with E-state index in [1.807, 2.05) is 22.7 Å². The molecule has 0 radical (unpaired) electrons. The number of carbonyl (C=O) groups is 1. The van der Waals surface area contributed by atoms with Crippen molar-refractivity contribution in [1.82, 2.24) is 25.4 Å². The van der Waals surface area contributed by atoms with Gasteiger partial charge in [-0.05, 0) is 25.7 Å². The largest absolute Gasteiger partial charge is 0.329 e. The first-order valence-electron chi connectivity index (χ1n) is 7.74. The van der Waals surface area contributed by atoms with Gasteiger partial charge in [0.25, 0.3) is 0 Å². The topological polar surface area (TPSA) is 73.9 Å². The summed E-state index contributed by atoms with van der Waals surface area (Å²) in [4.78, 5) is 19.0. The molecule has 2 N–H and O–H groups in total. The van der Waals surface area contributed by atoms with Crippen LogP contribution < -0.4 is 5.32 Å². The van der Waals surface area contributed by atoms with Crippen LogP contribution >= 0.6 is 11.3 Å². The van der Waals surface area contributed by atoms with E-state index in [1.165, 1.54) is 0 Å². The normalized spacial score (nSPS) is 19.9. The van der Waals surface area contributed by atoms with Crippen LogP contribution in [-0.4, -0.2) is 32.7 Å². The molecule has 118 valence electrons. The summed E-state index contributed by atoms with van der Waals surface area (Å²) in [5, 5.41) is 12.9. The molecular formula is C15H21N5OS.